The van der Waals surface area contributed by atoms with Gasteiger partial charge in [0.25, 0.3) is 0 Å². The Morgan fingerprint density at radius 2 is 1.95 bits per heavy atom. The largest absolute Gasteiger partial charge is 0.369 e. The summed E-state index contributed by atoms with van der Waals surface area (Å²) in [5.74, 6) is 0.150. The molecule has 0 spiro atoms. The van der Waals surface area contributed by atoms with Crippen molar-refractivity contribution in [2.45, 2.75) is 6.42 Å². The first kappa shape index (κ1) is 13.9. The smallest absolute Gasteiger partial charge is 0.223 e. The van der Waals surface area contributed by atoms with Gasteiger partial charge in [0.1, 0.15) is 0 Å². The summed E-state index contributed by atoms with van der Waals surface area (Å²) >= 11 is 0. The van der Waals surface area contributed by atoms with Crippen molar-refractivity contribution in [2.75, 3.05) is 0 Å². The summed E-state index contributed by atoms with van der Waals surface area (Å²) in [5.41, 5.74) is 7.62. The standard InChI is InChI=1S/C17H15N3O2/c18-17(21)11-16(12-4-2-1-3-5-12)20-22-14-6-7-15-13(10-14)8-9-19-15/h1-10,19H,11H2,(H2,18,21)/b20-16+. The van der Waals surface area contributed by atoms with Crippen LogP contribution in [0.5, 0.6) is 5.75 Å². The lowest BCUT2D eigenvalue weighted by atomic mass is 10.1. The molecule has 0 bridgehead atoms. The van der Waals surface area contributed by atoms with Gasteiger partial charge in [0, 0.05) is 17.1 Å². The molecular formula is C17H15N3O2. The zero-order valence-electron chi connectivity index (χ0n) is 11.8. The van der Waals surface area contributed by atoms with Gasteiger partial charge in [-0.3, -0.25) is 4.79 Å². The summed E-state index contributed by atoms with van der Waals surface area (Å²) in [7, 11) is 0. The third kappa shape index (κ3) is 3.15. The molecule has 3 aromatic rings. The number of nitrogens with one attached hydrogen (secondary N) is 1. The van der Waals surface area contributed by atoms with Gasteiger partial charge in [0.2, 0.25) is 5.91 Å². The third-order valence-corrected chi connectivity index (χ3v) is 3.23. The summed E-state index contributed by atoms with van der Waals surface area (Å²) in [6, 6.07) is 16.9. The Bertz CT molecular complexity index is 822. The molecule has 0 aliphatic heterocycles. The van der Waals surface area contributed by atoms with Gasteiger partial charge in [-0.1, -0.05) is 35.5 Å². The molecule has 0 aliphatic carbocycles. The van der Waals surface area contributed by atoms with Gasteiger partial charge >= 0.3 is 0 Å². The number of carbonyl (C=O) groups is 1. The number of primary amides is 1. The van der Waals surface area contributed by atoms with Crippen molar-refractivity contribution in [1.29, 1.82) is 0 Å². The van der Waals surface area contributed by atoms with Crippen LogP contribution >= 0.6 is 0 Å². The fourth-order valence-electron chi connectivity index (χ4n) is 2.18. The zero-order chi connectivity index (χ0) is 15.4. The average Bonchev–Trinajstić information content (AvgIpc) is 2.99. The molecule has 3 N–H and O–H groups in total. The van der Waals surface area contributed by atoms with E-state index in [2.05, 4.69) is 10.1 Å². The molecule has 0 saturated heterocycles. The van der Waals surface area contributed by atoms with Crippen LogP contribution in [0.4, 0.5) is 0 Å². The van der Waals surface area contributed by atoms with Gasteiger partial charge in [-0.2, -0.15) is 0 Å². The van der Waals surface area contributed by atoms with Crippen molar-refractivity contribution < 1.29 is 9.63 Å². The van der Waals surface area contributed by atoms with Crippen LogP contribution in [0.2, 0.25) is 0 Å². The fraction of sp³-hybridized carbons (Fsp3) is 0.0588. The highest BCUT2D eigenvalue weighted by atomic mass is 16.6. The maximum absolute atomic E-state index is 11.2. The minimum absolute atomic E-state index is 0.0242. The first-order valence-corrected chi connectivity index (χ1v) is 6.87. The van der Waals surface area contributed by atoms with E-state index in [1.807, 2.05) is 60.8 Å². The number of carbonyl (C=O) groups excluding carboxylic acids is 1. The Balaban J connectivity index is 1.86. The van der Waals surface area contributed by atoms with Gasteiger partial charge in [-0.15, -0.1) is 0 Å². The molecule has 2 aromatic carbocycles. The van der Waals surface area contributed by atoms with Gasteiger partial charge in [0.15, 0.2) is 5.75 Å². The second-order valence-corrected chi connectivity index (χ2v) is 4.87. The van der Waals surface area contributed by atoms with E-state index in [4.69, 9.17) is 10.6 Å². The maximum Gasteiger partial charge on any atom is 0.223 e. The number of nitrogens with zero attached hydrogens (tertiary/aromatic N) is 1. The van der Waals surface area contributed by atoms with Gasteiger partial charge in [0.05, 0.1) is 12.1 Å². The molecule has 0 atom stereocenters. The van der Waals surface area contributed by atoms with E-state index in [1.54, 1.807) is 0 Å². The van der Waals surface area contributed by atoms with Gasteiger partial charge < -0.3 is 15.6 Å². The van der Waals surface area contributed by atoms with E-state index in [0.29, 0.717) is 11.5 Å². The lowest BCUT2D eigenvalue weighted by molar-refractivity contribution is -0.116. The van der Waals surface area contributed by atoms with E-state index in [1.165, 1.54) is 0 Å². The molecule has 0 fully saturated rings. The molecule has 5 heteroatoms. The van der Waals surface area contributed by atoms with Crippen LogP contribution in [0, 0.1) is 0 Å². The van der Waals surface area contributed by atoms with Crippen LogP contribution in [0.25, 0.3) is 10.9 Å². The van der Waals surface area contributed by atoms with Crippen LogP contribution < -0.4 is 10.6 Å². The van der Waals surface area contributed by atoms with E-state index in [-0.39, 0.29) is 6.42 Å². The van der Waals surface area contributed by atoms with E-state index in [0.717, 1.165) is 16.5 Å². The predicted octanol–water partition coefficient (Wildman–Crippen LogP) is 2.83. The molecule has 1 heterocycles. The Morgan fingerprint density at radius 1 is 1.14 bits per heavy atom. The number of benzene rings is 2. The van der Waals surface area contributed by atoms with Crippen LogP contribution in [0.15, 0.2) is 65.9 Å². The van der Waals surface area contributed by atoms with Crippen LogP contribution in [0.3, 0.4) is 0 Å². The summed E-state index contributed by atoms with van der Waals surface area (Å²) in [5, 5.41) is 5.13. The molecule has 0 unspecified atom stereocenters. The maximum atomic E-state index is 11.2. The molecule has 0 saturated carbocycles. The minimum Gasteiger partial charge on any atom is -0.369 e. The van der Waals surface area contributed by atoms with Crippen molar-refractivity contribution in [3.63, 3.8) is 0 Å². The van der Waals surface area contributed by atoms with E-state index in [9.17, 15) is 4.79 Å². The monoisotopic (exact) mass is 293 g/mol. The average molecular weight is 293 g/mol. The summed E-state index contributed by atoms with van der Waals surface area (Å²) < 4.78 is 0. The van der Waals surface area contributed by atoms with E-state index >= 15 is 0 Å². The number of hydrogen-bond donors (Lipinski definition) is 2. The van der Waals surface area contributed by atoms with E-state index < -0.39 is 5.91 Å². The number of rotatable bonds is 5. The molecule has 22 heavy (non-hydrogen) atoms. The Labute approximate surface area is 127 Å². The molecule has 3 rings (SSSR count). The molecule has 5 nitrogen and oxygen atoms in total. The number of amides is 1. The van der Waals surface area contributed by atoms with Crippen LogP contribution in [-0.2, 0) is 4.79 Å². The molecule has 0 radical (unpaired) electrons. The second kappa shape index (κ2) is 6.13. The van der Waals surface area contributed by atoms with Gasteiger partial charge in [-0.05, 0) is 29.8 Å². The first-order valence-electron chi connectivity index (χ1n) is 6.87. The minimum atomic E-state index is -0.452. The highest BCUT2D eigenvalue weighted by molar-refractivity contribution is 6.09. The SMILES string of the molecule is NC(=O)C/C(=N\Oc1ccc2[nH]ccc2c1)c1ccccc1. The molecule has 1 aromatic heterocycles. The highest BCUT2D eigenvalue weighted by Crippen LogP contribution is 2.20. The zero-order valence-corrected chi connectivity index (χ0v) is 11.8. The Kier molecular flexibility index (Phi) is 3.87. The van der Waals surface area contributed by atoms with Crippen molar-refractivity contribution in [3.05, 3.63) is 66.4 Å². The number of fused-ring (bicyclic) bond motifs is 1. The lowest BCUT2D eigenvalue weighted by Gasteiger charge is -2.05. The Morgan fingerprint density at radius 3 is 2.73 bits per heavy atom. The number of aromatic nitrogens is 1. The number of nitrogens with two attached hydrogens (primary N) is 1. The molecule has 1 amide bonds. The lowest BCUT2D eigenvalue weighted by Crippen LogP contribution is -2.17. The van der Waals surface area contributed by atoms with Crippen LogP contribution in [-0.4, -0.2) is 16.6 Å². The molecule has 110 valence electrons. The number of aromatic amines is 1. The summed E-state index contributed by atoms with van der Waals surface area (Å²) in [4.78, 5) is 19.8. The van der Waals surface area contributed by atoms with Crippen LogP contribution in [0.1, 0.15) is 12.0 Å². The fourth-order valence-corrected chi connectivity index (χ4v) is 2.18. The van der Waals surface area contributed by atoms with Crippen molar-refractivity contribution in [1.82, 2.24) is 4.98 Å². The molecular weight excluding hydrogens is 278 g/mol. The Hall–Kier alpha value is -3.08. The van der Waals surface area contributed by atoms with Gasteiger partial charge in [-0.25, -0.2) is 0 Å². The first-order chi connectivity index (χ1) is 10.7. The highest BCUT2D eigenvalue weighted by Gasteiger charge is 2.08. The number of oxime groups is 1. The van der Waals surface area contributed by atoms with Crippen molar-refractivity contribution in [2.24, 2.45) is 10.9 Å². The number of hydrogen-bond acceptors (Lipinski definition) is 3. The van der Waals surface area contributed by atoms with Crippen molar-refractivity contribution >= 4 is 22.5 Å². The predicted molar refractivity (Wildman–Crippen MR) is 85.7 cm³/mol. The molecule has 0 aliphatic rings. The van der Waals surface area contributed by atoms with Crippen molar-refractivity contribution in [3.8, 4) is 5.75 Å². The quantitative estimate of drug-likeness (QED) is 0.560. The normalized spacial score (nSPS) is 11.5. The second-order valence-electron chi connectivity index (χ2n) is 4.87. The number of H-pyrrole nitrogens is 1. The summed E-state index contributed by atoms with van der Waals surface area (Å²) in [6.45, 7) is 0. The summed E-state index contributed by atoms with van der Waals surface area (Å²) in [6.07, 6.45) is 1.89. The third-order valence-electron chi connectivity index (χ3n) is 3.23. The topological polar surface area (TPSA) is 80.5 Å².